The number of rotatable bonds is 2. The van der Waals surface area contributed by atoms with Crippen LogP contribution in [-0.4, -0.2) is 29.7 Å². The smallest absolute Gasteiger partial charge is 0.188 e. The number of halogens is 1. The lowest BCUT2D eigenvalue weighted by Gasteiger charge is -2.32. The lowest BCUT2D eigenvalue weighted by Crippen LogP contribution is -2.40. The van der Waals surface area contributed by atoms with Gasteiger partial charge in [0.15, 0.2) is 12.1 Å². The molecule has 0 aromatic heterocycles. The van der Waals surface area contributed by atoms with Gasteiger partial charge in [0.25, 0.3) is 0 Å². The van der Waals surface area contributed by atoms with Gasteiger partial charge in [0.1, 0.15) is 6.10 Å². The summed E-state index contributed by atoms with van der Waals surface area (Å²) in [7, 11) is 0. The van der Waals surface area contributed by atoms with Gasteiger partial charge in [-0.1, -0.05) is 13.8 Å². The second-order valence-corrected chi connectivity index (χ2v) is 5.19. The largest absolute Gasteiger partial charge is 0.342 e. The fourth-order valence-electron chi connectivity index (χ4n) is 2.48. The van der Waals surface area contributed by atoms with Crippen LogP contribution in [0.15, 0.2) is 0 Å². The summed E-state index contributed by atoms with van der Waals surface area (Å²) >= 11 is 6.01. The Morgan fingerprint density at radius 3 is 2.33 bits per heavy atom. The summed E-state index contributed by atoms with van der Waals surface area (Å²) in [5.74, 6) is 0.229. The summed E-state index contributed by atoms with van der Waals surface area (Å²) in [4.78, 5) is 0. The third-order valence-electron chi connectivity index (χ3n) is 3.59. The Balaban J connectivity index is 2.17. The summed E-state index contributed by atoms with van der Waals surface area (Å²) < 4.78 is 17.5. The van der Waals surface area contributed by atoms with Crippen molar-refractivity contribution in [3.8, 4) is 0 Å². The van der Waals surface area contributed by atoms with E-state index in [0.717, 1.165) is 6.42 Å². The number of alkyl halides is 1. The minimum absolute atomic E-state index is 0.0127. The summed E-state index contributed by atoms with van der Waals surface area (Å²) in [5.41, 5.74) is -0.284. The van der Waals surface area contributed by atoms with Crippen molar-refractivity contribution in [2.75, 3.05) is 5.88 Å². The molecular formula is C11H19ClO3. The molecule has 2 rings (SSSR count). The van der Waals surface area contributed by atoms with Crippen LogP contribution in [0.2, 0.25) is 0 Å². The molecule has 0 aromatic rings. The quantitative estimate of drug-likeness (QED) is 0.688. The molecule has 0 spiro atoms. The molecule has 0 bridgehead atoms. The normalized spacial score (nSPS) is 48.2. The average Bonchev–Trinajstić information content (AvgIpc) is 2.59. The second kappa shape index (κ2) is 3.59. The van der Waals surface area contributed by atoms with Crippen LogP contribution in [-0.2, 0) is 14.2 Å². The Morgan fingerprint density at radius 2 is 1.87 bits per heavy atom. The second-order valence-electron chi connectivity index (χ2n) is 4.93. The van der Waals surface area contributed by atoms with E-state index in [-0.39, 0.29) is 23.9 Å². The first kappa shape index (κ1) is 11.6. The molecule has 2 aliphatic heterocycles. The fraction of sp³-hybridized carbons (Fsp3) is 1.00. The number of hydrogen-bond acceptors (Lipinski definition) is 3. The predicted molar refractivity (Wildman–Crippen MR) is 57.8 cm³/mol. The van der Waals surface area contributed by atoms with Crippen LogP contribution in [0.25, 0.3) is 0 Å². The highest BCUT2D eigenvalue weighted by Crippen LogP contribution is 2.47. The first-order chi connectivity index (χ1) is 6.94. The fourth-order valence-corrected chi connectivity index (χ4v) is 2.97. The van der Waals surface area contributed by atoms with E-state index in [1.807, 2.05) is 13.8 Å². The third-order valence-corrected chi connectivity index (χ3v) is 4.04. The van der Waals surface area contributed by atoms with E-state index in [1.54, 1.807) is 0 Å². The van der Waals surface area contributed by atoms with Gasteiger partial charge in [0.05, 0.1) is 11.5 Å². The van der Waals surface area contributed by atoms with Crippen LogP contribution >= 0.6 is 11.6 Å². The Bertz CT molecular complexity index is 250. The molecular weight excluding hydrogens is 216 g/mol. The van der Waals surface area contributed by atoms with Crippen molar-refractivity contribution in [3.63, 3.8) is 0 Å². The van der Waals surface area contributed by atoms with Crippen molar-refractivity contribution in [2.24, 2.45) is 5.92 Å². The van der Waals surface area contributed by atoms with Crippen LogP contribution in [0, 0.1) is 5.92 Å². The first-order valence-corrected chi connectivity index (χ1v) is 6.07. The predicted octanol–water partition coefficient (Wildman–Crippen LogP) is 2.52. The molecule has 88 valence electrons. The number of fused-ring (bicyclic) bond motifs is 1. The number of ether oxygens (including phenoxy) is 3. The van der Waals surface area contributed by atoms with Gasteiger partial charge in [0.2, 0.25) is 0 Å². The van der Waals surface area contributed by atoms with Crippen molar-refractivity contribution < 1.29 is 14.2 Å². The maximum atomic E-state index is 6.01. The van der Waals surface area contributed by atoms with E-state index in [9.17, 15) is 0 Å². The summed E-state index contributed by atoms with van der Waals surface area (Å²) in [5, 5.41) is 0. The molecule has 4 heteroatoms. The molecule has 3 nitrogen and oxygen atoms in total. The Kier molecular flexibility index (Phi) is 2.79. The lowest BCUT2D eigenvalue weighted by molar-refractivity contribution is -0.228. The molecule has 2 heterocycles. The molecule has 0 saturated carbocycles. The zero-order valence-corrected chi connectivity index (χ0v) is 10.5. The monoisotopic (exact) mass is 234 g/mol. The highest BCUT2D eigenvalue weighted by Gasteiger charge is 2.58. The van der Waals surface area contributed by atoms with Gasteiger partial charge in [-0.25, -0.2) is 0 Å². The molecule has 0 aromatic carbocycles. The van der Waals surface area contributed by atoms with Gasteiger partial charge < -0.3 is 14.2 Å². The molecule has 0 amide bonds. The van der Waals surface area contributed by atoms with Gasteiger partial charge in [-0.05, 0) is 20.3 Å². The van der Waals surface area contributed by atoms with Crippen molar-refractivity contribution in [1.82, 2.24) is 0 Å². The maximum absolute atomic E-state index is 6.01. The van der Waals surface area contributed by atoms with Crippen LogP contribution in [0.3, 0.4) is 0 Å². The zero-order chi connectivity index (χ0) is 11.3. The van der Waals surface area contributed by atoms with Crippen molar-refractivity contribution >= 4 is 11.6 Å². The minimum atomic E-state index is -0.532. The van der Waals surface area contributed by atoms with Gasteiger partial charge in [-0.2, -0.15) is 0 Å². The molecule has 4 atom stereocenters. The summed E-state index contributed by atoms with van der Waals surface area (Å²) in [6.07, 6.45) is 0.644. The standard InChI is InChI=1S/C11H19ClO3/c1-5-11(6-12)7(2)8-9(15-11)14-10(3,4)13-8/h7-9H,5-6H2,1-4H3/t7-,8+,9-,11-/m0/s1. The van der Waals surface area contributed by atoms with Gasteiger partial charge in [-0.3, -0.25) is 0 Å². The third kappa shape index (κ3) is 1.70. The van der Waals surface area contributed by atoms with E-state index in [0.29, 0.717) is 5.88 Å². The van der Waals surface area contributed by atoms with Gasteiger partial charge in [0, 0.05) is 5.92 Å². The van der Waals surface area contributed by atoms with Crippen LogP contribution in [0.5, 0.6) is 0 Å². The topological polar surface area (TPSA) is 27.7 Å². The van der Waals surface area contributed by atoms with E-state index < -0.39 is 5.79 Å². The van der Waals surface area contributed by atoms with Gasteiger partial charge in [-0.15, -0.1) is 11.6 Å². The van der Waals surface area contributed by atoms with Crippen LogP contribution in [0.1, 0.15) is 34.1 Å². The number of hydrogen-bond donors (Lipinski definition) is 0. The summed E-state index contributed by atoms with van der Waals surface area (Å²) in [6.45, 7) is 8.04. The first-order valence-electron chi connectivity index (χ1n) is 5.53. The van der Waals surface area contributed by atoms with Crippen molar-refractivity contribution in [1.29, 1.82) is 0 Å². The minimum Gasteiger partial charge on any atom is -0.342 e. The Morgan fingerprint density at radius 1 is 1.20 bits per heavy atom. The van der Waals surface area contributed by atoms with E-state index in [2.05, 4.69) is 13.8 Å². The van der Waals surface area contributed by atoms with Gasteiger partial charge >= 0.3 is 0 Å². The Labute approximate surface area is 96.0 Å². The van der Waals surface area contributed by atoms with E-state index >= 15 is 0 Å². The van der Waals surface area contributed by atoms with E-state index in [4.69, 9.17) is 25.8 Å². The average molecular weight is 235 g/mol. The lowest BCUT2D eigenvalue weighted by atomic mass is 9.86. The molecule has 0 radical (unpaired) electrons. The van der Waals surface area contributed by atoms with Crippen molar-refractivity contribution in [3.05, 3.63) is 0 Å². The zero-order valence-electron chi connectivity index (χ0n) is 9.75. The molecule has 2 aliphatic rings. The van der Waals surface area contributed by atoms with E-state index in [1.165, 1.54) is 0 Å². The molecule has 0 N–H and O–H groups in total. The highest BCUT2D eigenvalue weighted by molar-refractivity contribution is 6.18. The summed E-state index contributed by atoms with van der Waals surface area (Å²) in [6, 6.07) is 0. The maximum Gasteiger partial charge on any atom is 0.188 e. The SMILES string of the molecule is CC[C@@]1(CCl)O[C@@H]2OC(C)(C)O[C@@H]2[C@@H]1C. The highest BCUT2D eigenvalue weighted by atomic mass is 35.5. The Hall–Kier alpha value is 0.170. The van der Waals surface area contributed by atoms with Crippen LogP contribution < -0.4 is 0 Å². The van der Waals surface area contributed by atoms with Crippen molar-refractivity contribution in [2.45, 2.75) is 57.9 Å². The molecule has 0 aliphatic carbocycles. The van der Waals surface area contributed by atoms with Crippen LogP contribution in [0.4, 0.5) is 0 Å². The molecule has 0 unspecified atom stereocenters. The molecule has 2 fully saturated rings. The molecule has 15 heavy (non-hydrogen) atoms. The molecule has 2 saturated heterocycles.